The van der Waals surface area contributed by atoms with Gasteiger partial charge in [0.15, 0.2) is 0 Å². The van der Waals surface area contributed by atoms with E-state index in [1.807, 2.05) is 0 Å². The van der Waals surface area contributed by atoms with Crippen LogP contribution in [0.3, 0.4) is 0 Å². The zero-order valence-electron chi connectivity index (χ0n) is 8.82. The lowest BCUT2D eigenvalue weighted by Gasteiger charge is -2.12. The third-order valence-electron chi connectivity index (χ3n) is 1.63. The minimum Gasteiger partial charge on any atom is -0.324 e. The molecule has 3 atom stereocenters. The molecule has 0 aliphatic heterocycles. The van der Waals surface area contributed by atoms with Gasteiger partial charge in [-0.1, -0.05) is 30.3 Å². The van der Waals surface area contributed by atoms with Crippen molar-refractivity contribution in [3.05, 3.63) is 35.9 Å². The van der Waals surface area contributed by atoms with Gasteiger partial charge in [0.2, 0.25) is 0 Å². The van der Waals surface area contributed by atoms with Crippen LogP contribution in [0.2, 0.25) is 0 Å². The summed E-state index contributed by atoms with van der Waals surface area (Å²) in [5.41, 5.74) is 0.400. The Hall–Kier alpha value is -0.420. The van der Waals surface area contributed by atoms with Gasteiger partial charge < -0.3 is 4.89 Å². The molecular formula is C7H10O8P3+. The van der Waals surface area contributed by atoms with Crippen LogP contribution in [0.15, 0.2) is 30.3 Å². The molecule has 0 fully saturated rings. The fraction of sp³-hybridized carbons (Fsp3) is 0.143. The number of phosphoric acid groups is 1. The Balaban J connectivity index is 2.73. The summed E-state index contributed by atoms with van der Waals surface area (Å²) < 4.78 is 40.4. The first kappa shape index (κ1) is 15.6. The molecule has 8 nitrogen and oxygen atoms in total. The Morgan fingerprint density at radius 2 is 1.72 bits per heavy atom. The van der Waals surface area contributed by atoms with Gasteiger partial charge in [-0.15, -0.1) is 4.89 Å². The van der Waals surface area contributed by atoms with Crippen LogP contribution in [0.4, 0.5) is 0 Å². The second-order valence-electron chi connectivity index (χ2n) is 3.15. The summed E-state index contributed by atoms with van der Waals surface area (Å²) in [4.78, 5) is 26.6. The van der Waals surface area contributed by atoms with E-state index >= 15 is 0 Å². The van der Waals surface area contributed by atoms with Crippen molar-refractivity contribution in [1.82, 2.24) is 0 Å². The molecule has 0 saturated heterocycles. The molecule has 0 aliphatic carbocycles. The first-order valence-corrected chi connectivity index (χ1v) is 8.85. The summed E-state index contributed by atoms with van der Waals surface area (Å²) in [5, 5.41) is 0. The van der Waals surface area contributed by atoms with Gasteiger partial charge in [-0.05, 0) is 9.87 Å². The first-order chi connectivity index (χ1) is 8.20. The predicted molar refractivity (Wildman–Crippen MR) is 61.8 cm³/mol. The average Bonchev–Trinajstić information content (AvgIpc) is 2.13. The van der Waals surface area contributed by atoms with Gasteiger partial charge in [-0.3, -0.25) is 9.46 Å². The topological polar surface area (TPSA) is 130 Å². The molecule has 3 unspecified atom stereocenters. The van der Waals surface area contributed by atoms with Crippen molar-refractivity contribution in [2.75, 3.05) is 0 Å². The zero-order chi connectivity index (χ0) is 13.8. The quantitative estimate of drug-likeness (QED) is 0.681. The number of hydrogen-bond donors (Lipinski definition) is 3. The fourth-order valence-electron chi connectivity index (χ4n) is 1.11. The van der Waals surface area contributed by atoms with E-state index in [1.54, 1.807) is 18.2 Å². The molecule has 0 amide bonds. The largest absolute Gasteiger partial charge is 0.705 e. The lowest BCUT2D eigenvalue weighted by atomic mass is 10.2. The van der Waals surface area contributed by atoms with Gasteiger partial charge in [0, 0.05) is 4.57 Å². The molecule has 0 radical (unpaired) electrons. The summed E-state index contributed by atoms with van der Waals surface area (Å²) in [5.74, 6) is 0. The van der Waals surface area contributed by atoms with Crippen molar-refractivity contribution in [1.29, 1.82) is 0 Å². The van der Waals surface area contributed by atoms with Crippen LogP contribution in [0.1, 0.15) is 5.56 Å². The van der Waals surface area contributed by atoms with Gasteiger partial charge in [0.1, 0.15) is 0 Å². The van der Waals surface area contributed by atoms with Crippen molar-refractivity contribution in [3.8, 4) is 0 Å². The van der Waals surface area contributed by atoms with Crippen LogP contribution in [0.25, 0.3) is 0 Å². The van der Waals surface area contributed by atoms with E-state index in [4.69, 9.17) is 9.79 Å². The van der Waals surface area contributed by atoms with E-state index in [0.717, 1.165) is 0 Å². The Labute approximate surface area is 103 Å². The Morgan fingerprint density at radius 3 is 2.22 bits per heavy atom. The molecular weight excluding hydrogens is 305 g/mol. The van der Waals surface area contributed by atoms with E-state index in [0.29, 0.717) is 5.56 Å². The molecule has 1 aromatic rings. The summed E-state index contributed by atoms with van der Waals surface area (Å²) in [6, 6.07) is 7.93. The van der Waals surface area contributed by atoms with Crippen LogP contribution < -0.4 is 0 Å². The van der Waals surface area contributed by atoms with Gasteiger partial charge in [-0.25, -0.2) is 8.88 Å². The number of rotatable bonds is 6. The molecule has 0 spiro atoms. The second kappa shape index (κ2) is 6.15. The van der Waals surface area contributed by atoms with Crippen LogP contribution in [0.5, 0.6) is 0 Å². The van der Waals surface area contributed by atoms with Crippen LogP contribution >= 0.6 is 23.7 Å². The minimum absolute atomic E-state index is 0.400. The molecule has 0 aromatic heterocycles. The van der Waals surface area contributed by atoms with Gasteiger partial charge in [0.05, 0.1) is 6.16 Å². The van der Waals surface area contributed by atoms with E-state index in [-0.39, 0.29) is 0 Å². The Morgan fingerprint density at radius 1 is 1.17 bits per heavy atom. The highest BCUT2D eigenvalue weighted by Gasteiger charge is 2.41. The SMILES string of the molecule is O=[P+](O)OP(=O)(O)OP(=O)(O)Cc1ccccc1. The van der Waals surface area contributed by atoms with Gasteiger partial charge in [0.25, 0.3) is 0 Å². The van der Waals surface area contributed by atoms with Crippen molar-refractivity contribution >= 4 is 23.7 Å². The smallest absolute Gasteiger partial charge is 0.324 e. The molecule has 100 valence electrons. The maximum Gasteiger partial charge on any atom is 0.705 e. The lowest BCUT2D eigenvalue weighted by molar-refractivity contribution is 0.262. The van der Waals surface area contributed by atoms with Crippen molar-refractivity contribution in [3.63, 3.8) is 0 Å². The predicted octanol–water partition coefficient (Wildman–Crippen LogP) is 2.16. The molecule has 1 rings (SSSR count). The molecule has 0 saturated carbocycles. The number of hydrogen-bond acceptors (Lipinski definition) is 5. The zero-order valence-corrected chi connectivity index (χ0v) is 11.5. The Bertz CT molecular complexity index is 515. The van der Waals surface area contributed by atoms with E-state index in [1.165, 1.54) is 12.1 Å². The van der Waals surface area contributed by atoms with Crippen molar-refractivity contribution in [2.24, 2.45) is 0 Å². The summed E-state index contributed by atoms with van der Waals surface area (Å²) in [6.07, 6.45) is -0.524. The molecule has 11 heteroatoms. The third-order valence-corrected chi connectivity index (χ3v) is 5.62. The fourth-order valence-corrected chi connectivity index (χ4v) is 4.39. The lowest BCUT2D eigenvalue weighted by Crippen LogP contribution is -1.93. The summed E-state index contributed by atoms with van der Waals surface area (Å²) in [6.45, 7) is 0. The first-order valence-electron chi connectivity index (χ1n) is 4.46. The molecule has 1 aromatic carbocycles. The van der Waals surface area contributed by atoms with Gasteiger partial charge in [-0.2, -0.15) is 0 Å². The van der Waals surface area contributed by atoms with Crippen LogP contribution in [-0.4, -0.2) is 14.7 Å². The van der Waals surface area contributed by atoms with Crippen LogP contribution in [0, 0.1) is 0 Å². The maximum absolute atomic E-state index is 11.5. The van der Waals surface area contributed by atoms with Gasteiger partial charge >= 0.3 is 23.7 Å². The average molecular weight is 315 g/mol. The minimum atomic E-state index is -5.05. The molecule has 0 bridgehead atoms. The summed E-state index contributed by atoms with van der Waals surface area (Å²) in [7, 11) is -12.9. The van der Waals surface area contributed by atoms with Crippen LogP contribution in [-0.2, 0) is 28.5 Å². The van der Waals surface area contributed by atoms with Crippen molar-refractivity contribution in [2.45, 2.75) is 6.16 Å². The highest BCUT2D eigenvalue weighted by Crippen LogP contribution is 2.63. The van der Waals surface area contributed by atoms with E-state index < -0.39 is 29.8 Å². The number of benzene rings is 1. The normalized spacial score (nSPS) is 18.7. The maximum atomic E-state index is 11.5. The highest BCUT2D eigenvalue weighted by molar-refractivity contribution is 7.66. The van der Waals surface area contributed by atoms with E-state index in [2.05, 4.69) is 8.62 Å². The standard InChI is InChI=1S/C7H9O8P3/c8-16(9)14-18(12,13)15-17(10,11)6-7-4-2-1-3-5-7/h1-5H,6H2,(H2-,8,9,10,11,12,13)/p+1. The molecule has 3 N–H and O–H groups in total. The molecule has 18 heavy (non-hydrogen) atoms. The molecule has 0 heterocycles. The summed E-state index contributed by atoms with van der Waals surface area (Å²) >= 11 is 0. The highest BCUT2D eigenvalue weighted by atomic mass is 31.3. The molecule has 0 aliphatic rings. The Kier molecular flexibility index (Phi) is 5.34. The monoisotopic (exact) mass is 315 g/mol. The van der Waals surface area contributed by atoms with Crippen molar-refractivity contribution < 1.29 is 37.0 Å². The van der Waals surface area contributed by atoms with E-state index in [9.17, 15) is 18.6 Å². The third kappa shape index (κ3) is 5.96. The second-order valence-corrected chi connectivity index (χ2v) is 7.46.